The van der Waals surface area contributed by atoms with Crippen LogP contribution in [-0.2, 0) is 0 Å². The van der Waals surface area contributed by atoms with Crippen LogP contribution in [0.1, 0.15) is 57.5 Å². The lowest BCUT2D eigenvalue weighted by Crippen LogP contribution is -2.42. The first-order valence-corrected chi connectivity index (χ1v) is 8.28. The molecular weight excluding hydrogens is 258 g/mol. The Labute approximate surface area is 127 Å². The molecule has 1 aromatic heterocycles. The standard InChI is InChI=1S/C18H27N3/c1-12(2)17(21-10-6-5-7-14(21)4)18-19-15-9-8-13(3)11-16(15)20-18/h8-9,11-12,14,17H,5-7,10H2,1-4H3,(H,19,20). The highest BCUT2D eigenvalue weighted by Gasteiger charge is 2.31. The van der Waals surface area contributed by atoms with Crippen LogP contribution in [0, 0.1) is 12.8 Å². The molecule has 1 N–H and O–H groups in total. The highest BCUT2D eigenvalue weighted by molar-refractivity contribution is 5.75. The molecule has 114 valence electrons. The third kappa shape index (κ3) is 2.84. The second-order valence-corrected chi connectivity index (χ2v) is 6.91. The Morgan fingerprint density at radius 3 is 2.81 bits per heavy atom. The van der Waals surface area contributed by atoms with Crippen LogP contribution in [0.2, 0.25) is 0 Å². The zero-order valence-electron chi connectivity index (χ0n) is 13.7. The van der Waals surface area contributed by atoms with Gasteiger partial charge in [0.1, 0.15) is 5.82 Å². The fourth-order valence-electron chi connectivity index (χ4n) is 3.67. The predicted octanol–water partition coefficient (Wildman–Crippen LogP) is 4.44. The van der Waals surface area contributed by atoms with Gasteiger partial charge >= 0.3 is 0 Å². The van der Waals surface area contributed by atoms with Crippen molar-refractivity contribution in [2.75, 3.05) is 6.54 Å². The normalized spacial score (nSPS) is 22.0. The predicted molar refractivity (Wildman–Crippen MR) is 88.4 cm³/mol. The van der Waals surface area contributed by atoms with Crippen molar-refractivity contribution in [2.45, 2.75) is 59.0 Å². The minimum absolute atomic E-state index is 0.396. The van der Waals surface area contributed by atoms with E-state index >= 15 is 0 Å². The van der Waals surface area contributed by atoms with Gasteiger partial charge in [-0.05, 0) is 56.8 Å². The molecule has 0 amide bonds. The van der Waals surface area contributed by atoms with E-state index in [0.717, 1.165) is 11.3 Å². The van der Waals surface area contributed by atoms with E-state index in [1.165, 1.54) is 36.9 Å². The SMILES string of the molecule is Cc1ccc2nc(C(C(C)C)N3CCCCC3C)[nH]c2c1. The molecule has 0 radical (unpaired) electrons. The summed E-state index contributed by atoms with van der Waals surface area (Å²) in [5.41, 5.74) is 3.54. The first-order valence-electron chi connectivity index (χ1n) is 8.28. The Bertz CT molecular complexity index is 614. The molecule has 3 rings (SSSR count). The summed E-state index contributed by atoms with van der Waals surface area (Å²) in [6, 6.07) is 7.51. The molecule has 0 spiro atoms. The maximum Gasteiger partial charge on any atom is 0.124 e. The van der Waals surface area contributed by atoms with Crippen molar-refractivity contribution >= 4 is 11.0 Å². The molecule has 2 heterocycles. The summed E-state index contributed by atoms with van der Waals surface area (Å²) in [7, 11) is 0. The van der Waals surface area contributed by atoms with Crippen LogP contribution < -0.4 is 0 Å². The van der Waals surface area contributed by atoms with Crippen LogP contribution in [0.4, 0.5) is 0 Å². The van der Waals surface area contributed by atoms with Gasteiger partial charge in [-0.2, -0.15) is 0 Å². The van der Waals surface area contributed by atoms with Gasteiger partial charge < -0.3 is 4.98 Å². The summed E-state index contributed by atoms with van der Waals surface area (Å²) < 4.78 is 0. The van der Waals surface area contributed by atoms with E-state index in [-0.39, 0.29) is 0 Å². The number of hydrogen-bond donors (Lipinski definition) is 1. The van der Waals surface area contributed by atoms with Gasteiger partial charge in [0.25, 0.3) is 0 Å². The Hall–Kier alpha value is -1.35. The van der Waals surface area contributed by atoms with E-state index in [1.54, 1.807) is 0 Å². The average molecular weight is 285 g/mol. The second kappa shape index (κ2) is 5.80. The molecule has 0 bridgehead atoms. The lowest BCUT2D eigenvalue weighted by atomic mass is 9.95. The molecular formula is C18H27N3. The van der Waals surface area contributed by atoms with Gasteiger partial charge in [0.15, 0.2) is 0 Å². The Balaban J connectivity index is 1.98. The average Bonchev–Trinajstić information content (AvgIpc) is 2.83. The number of nitrogens with one attached hydrogen (secondary N) is 1. The number of piperidine rings is 1. The molecule has 2 unspecified atom stereocenters. The number of nitrogens with zero attached hydrogens (tertiary/aromatic N) is 2. The van der Waals surface area contributed by atoms with E-state index in [4.69, 9.17) is 4.98 Å². The number of rotatable bonds is 3. The Morgan fingerprint density at radius 2 is 2.10 bits per heavy atom. The van der Waals surface area contributed by atoms with E-state index in [2.05, 4.69) is 55.8 Å². The van der Waals surface area contributed by atoms with E-state index in [0.29, 0.717) is 18.0 Å². The molecule has 3 heteroatoms. The number of aryl methyl sites for hydroxylation is 1. The molecule has 0 saturated carbocycles. The molecule has 1 fully saturated rings. The van der Waals surface area contributed by atoms with Crippen LogP contribution in [0.15, 0.2) is 18.2 Å². The number of likely N-dealkylation sites (tertiary alicyclic amines) is 1. The third-order valence-electron chi connectivity index (χ3n) is 4.78. The number of imidazole rings is 1. The van der Waals surface area contributed by atoms with E-state index in [9.17, 15) is 0 Å². The monoisotopic (exact) mass is 285 g/mol. The molecule has 1 saturated heterocycles. The molecule has 3 nitrogen and oxygen atoms in total. The summed E-state index contributed by atoms with van der Waals surface area (Å²) in [5.74, 6) is 1.70. The summed E-state index contributed by atoms with van der Waals surface area (Å²) >= 11 is 0. The van der Waals surface area contributed by atoms with Gasteiger partial charge in [0.2, 0.25) is 0 Å². The zero-order valence-corrected chi connectivity index (χ0v) is 13.7. The lowest BCUT2D eigenvalue weighted by Gasteiger charge is -2.40. The second-order valence-electron chi connectivity index (χ2n) is 6.91. The van der Waals surface area contributed by atoms with Crippen LogP contribution in [-0.4, -0.2) is 27.5 Å². The third-order valence-corrected chi connectivity index (χ3v) is 4.78. The van der Waals surface area contributed by atoms with Gasteiger partial charge in [0, 0.05) is 6.04 Å². The van der Waals surface area contributed by atoms with Crippen molar-refractivity contribution in [3.05, 3.63) is 29.6 Å². The fraction of sp³-hybridized carbons (Fsp3) is 0.611. The summed E-state index contributed by atoms with van der Waals surface area (Å²) in [6.07, 6.45) is 3.98. The molecule has 0 aliphatic carbocycles. The van der Waals surface area contributed by atoms with E-state index < -0.39 is 0 Å². The van der Waals surface area contributed by atoms with Gasteiger partial charge in [-0.25, -0.2) is 4.98 Å². The number of hydrogen-bond acceptors (Lipinski definition) is 2. The van der Waals surface area contributed by atoms with Gasteiger partial charge in [-0.1, -0.05) is 26.3 Å². The number of aromatic nitrogens is 2. The zero-order chi connectivity index (χ0) is 15.0. The minimum atomic E-state index is 0.396. The molecule has 21 heavy (non-hydrogen) atoms. The van der Waals surface area contributed by atoms with Crippen molar-refractivity contribution in [3.8, 4) is 0 Å². The smallest absolute Gasteiger partial charge is 0.124 e. The first-order chi connectivity index (χ1) is 10.1. The number of aromatic amines is 1. The number of H-pyrrole nitrogens is 1. The maximum absolute atomic E-state index is 4.89. The summed E-state index contributed by atoms with van der Waals surface area (Å²) in [6.45, 7) is 10.3. The topological polar surface area (TPSA) is 31.9 Å². The van der Waals surface area contributed by atoms with Crippen molar-refractivity contribution in [1.82, 2.24) is 14.9 Å². The number of fused-ring (bicyclic) bond motifs is 1. The molecule has 1 aliphatic rings. The Kier molecular flexibility index (Phi) is 4.03. The molecule has 1 aromatic carbocycles. The van der Waals surface area contributed by atoms with E-state index in [1.807, 2.05) is 0 Å². The Morgan fingerprint density at radius 1 is 1.29 bits per heavy atom. The summed E-state index contributed by atoms with van der Waals surface area (Å²) in [5, 5.41) is 0. The van der Waals surface area contributed by atoms with Crippen molar-refractivity contribution in [3.63, 3.8) is 0 Å². The molecule has 1 aliphatic heterocycles. The maximum atomic E-state index is 4.89. The quantitative estimate of drug-likeness (QED) is 0.904. The van der Waals surface area contributed by atoms with Gasteiger partial charge in [-0.15, -0.1) is 0 Å². The van der Waals surface area contributed by atoms with Crippen LogP contribution >= 0.6 is 0 Å². The lowest BCUT2D eigenvalue weighted by molar-refractivity contribution is 0.0735. The molecule has 2 aromatic rings. The van der Waals surface area contributed by atoms with Crippen molar-refractivity contribution in [1.29, 1.82) is 0 Å². The van der Waals surface area contributed by atoms with Crippen molar-refractivity contribution in [2.24, 2.45) is 5.92 Å². The van der Waals surface area contributed by atoms with Crippen LogP contribution in [0.5, 0.6) is 0 Å². The van der Waals surface area contributed by atoms with Gasteiger partial charge in [0.05, 0.1) is 17.1 Å². The highest BCUT2D eigenvalue weighted by Crippen LogP contribution is 2.33. The van der Waals surface area contributed by atoms with Crippen molar-refractivity contribution < 1.29 is 0 Å². The number of benzene rings is 1. The fourth-order valence-corrected chi connectivity index (χ4v) is 3.67. The van der Waals surface area contributed by atoms with Gasteiger partial charge in [-0.3, -0.25) is 4.90 Å². The highest BCUT2D eigenvalue weighted by atomic mass is 15.2. The summed E-state index contributed by atoms with van der Waals surface area (Å²) in [4.78, 5) is 11.1. The van der Waals surface area contributed by atoms with Crippen LogP contribution in [0.25, 0.3) is 11.0 Å². The molecule has 2 atom stereocenters. The first kappa shape index (κ1) is 14.6. The largest absolute Gasteiger partial charge is 0.341 e. The van der Waals surface area contributed by atoms with Crippen LogP contribution in [0.3, 0.4) is 0 Å². The minimum Gasteiger partial charge on any atom is -0.341 e.